The second kappa shape index (κ2) is 12.4. The predicted octanol–water partition coefficient (Wildman–Crippen LogP) is 8.92. The average molecular weight is 414 g/mol. The number of hydrogen-bond donors (Lipinski definition) is 1. The second-order valence-electron chi connectivity index (χ2n) is 6.81. The van der Waals surface area contributed by atoms with Crippen molar-refractivity contribution in [2.75, 3.05) is 5.32 Å². The summed E-state index contributed by atoms with van der Waals surface area (Å²) < 4.78 is 6.30. The molecule has 2 aromatic rings. The van der Waals surface area contributed by atoms with Gasteiger partial charge in [-0.1, -0.05) is 69.3 Å². The van der Waals surface area contributed by atoms with Gasteiger partial charge in [0, 0.05) is 22.5 Å². The Hall–Kier alpha value is -3.26. The molecule has 0 aliphatic carbocycles. The first kappa shape index (κ1) is 24.0. The largest absolute Gasteiger partial charge is 0.457 e. The number of fused-ring (bicyclic) bond motifs is 4. The highest BCUT2D eigenvalue weighted by atomic mass is 16.5. The molecule has 0 saturated heterocycles. The third-order valence-corrected chi connectivity index (χ3v) is 4.90. The summed E-state index contributed by atoms with van der Waals surface area (Å²) in [7, 11) is 0. The molecule has 162 valence electrons. The van der Waals surface area contributed by atoms with Crippen LogP contribution in [-0.2, 0) is 0 Å². The van der Waals surface area contributed by atoms with Gasteiger partial charge >= 0.3 is 0 Å². The average Bonchev–Trinajstić information content (AvgIpc) is 2.80. The maximum atomic E-state index is 6.30. The third-order valence-electron chi connectivity index (χ3n) is 4.90. The lowest BCUT2D eigenvalue weighted by molar-refractivity contribution is 0.445. The lowest BCUT2D eigenvalue weighted by Gasteiger charge is -2.23. The molecule has 0 unspecified atom stereocenters. The molecule has 1 heterocycles. The number of rotatable bonds is 6. The molecule has 1 aliphatic heterocycles. The zero-order valence-electron chi connectivity index (χ0n) is 19.7. The van der Waals surface area contributed by atoms with Crippen LogP contribution in [0.5, 0.6) is 5.75 Å². The zero-order valence-corrected chi connectivity index (χ0v) is 19.7. The quantitative estimate of drug-likeness (QED) is 0.377. The summed E-state index contributed by atoms with van der Waals surface area (Å²) in [5, 5.41) is 3.65. The molecule has 0 radical (unpaired) electrons. The summed E-state index contributed by atoms with van der Waals surface area (Å²) >= 11 is 0. The molecule has 0 atom stereocenters. The van der Waals surface area contributed by atoms with Crippen LogP contribution in [0.15, 0.2) is 96.5 Å². The molecule has 0 aromatic heterocycles. The summed E-state index contributed by atoms with van der Waals surface area (Å²) in [5.41, 5.74) is 6.97. The highest BCUT2D eigenvalue weighted by Gasteiger charge is 2.18. The van der Waals surface area contributed by atoms with Crippen molar-refractivity contribution in [3.05, 3.63) is 102 Å². The first-order chi connectivity index (χ1) is 15.2. The van der Waals surface area contributed by atoms with E-state index >= 15 is 0 Å². The van der Waals surface area contributed by atoms with Gasteiger partial charge in [-0.05, 0) is 74.8 Å². The van der Waals surface area contributed by atoms with Crippen LogP contribution >= 0.6 is 0 Å². The van der Waals surface area contributed by atoms with Gasteiger partial charge in [0.15, 0.2) is 0 Å². The van der Waals surface area contributed by atoms with E-state index in [9.17, 15) is 0 Å². The van der Waals surface area contributed by atoms with Crippen LogP contribution in [0.1, 0.15) is 53.5 Å². The Morgan fingerprint density at radius 2 is 1.71 bits per heavy atom. The predicted molar refractivity (Wildman–Crippen MR) is 137 cm³/mol. The molecule has 31 heavy (non-hydrogen) atoms. The minimum atomic E-state index is 0.820. The highest BCUT2D eigenvalue weighted by Crippen LogP contribution is 2.41. The normalized spacial score (nSPS) is 15.9. The van der Waals surface area contributed by atoms with Crippen molar-refractivity contribution in [3.63, 3.8) is 0 Å². The topological polar surface area (TPSA) is 21.3 Å². The lowest BCUT2D eigenvalue weighted by Crippen LogP contribution is -2.06. The summed E-state index contributed by atoms with van der Waals surface area (Å²) in [6, 6.07) is 14.9. The van der Waals surface area contributed by atoms with Crippen LogP contribution in [0.2, 0.25) is 0 Å². The van der Waals surface area contributed by atoms with Crippen molar-refractivity contribution in [1.29, 1.82) is 0 Å². The van der Waals surface area contributed by atoms with Crippen molar-refractivity contribution < 1.29 is 4.74 Å². The van der Waals surface area contributed by atoms with E-state index in [-0.39, 0.29) is 0 Å². The van der Waals surface area contributed by atoms with E-state index in [0.29, 0.717) is 0 Å². The van der Waals surface area contributed by atoms with Crippen LogP contribution in [0.25, 0.3) is 16.7 Å². The summed E-state index contributed by atoms with van der Waals surface area (Å²) in [5.74, 6) is 1.67. The molecule has 0 amide bonds. The molecule has 1 aliphatic rings. The van der Waals surface area contributed by atoms with Crippen LogP contribution < -0.4 is 10.1 Å². The first-order valence-electron chi connectivity index (χ1n) is 11.2. The van der Waals surface area contributed by atoms with Crippen molar-refractivity contribution >= 4 is 11.3 Å². The summed E-state index contributed by atoms with van der Waals surface area (Å²) in [6.07, 6.45) is 15.1. The maximum absolute atomic E-state index is 6.30. The number of ether oxygens (including phenoxy) is 1. The standard InChI is InChI=1S/C27H29NO.C2H6/c1-5-9-10-14-21(7-3)29-27-18-17-20-19-24(27)23-15-11-12-16-26(23)28-25(13-6-2)22(20)8-4;1-2/h5-7,9-19,28H,8H2,1-4H3;1-2H3/b9-5-,13-6-,14-10-,21-7-,25-22-;. The molecule has 2 aromatic carbocycles. The Bertz CT molecular complexity index is 1020. The van der Waals surface area contributed by atoms with Crippen LogP contribution in [-0.4, -0.2) is 0 Å². The van der Waals surface area contributed by atoms with Gasteiger partial charge in [0.2, 0.25) is 0 Å². The molecule has 0 fully saturated rings. The maximum Gasteiger partial charge on any atom is 0.135 e. The van der Waals surface area contributed by atoms with E-state index in [4.69, 9.17) is 4.74 Å². The van der Waals surface area contributed by atoms with Gasteiger partial charge in [-0.3, -0.25) is 0 Å². The molecule has 2 heteroatoms. The number of nitrogens with one attached hydrogen (secondary N) is 1. The molecular formula is C29H35NO. The Balaban J connectivity index is 0.00000166. The van der Waals surface area contributed by atoms with Gasteiger partial charge in [-0.15, -0.1) is 0 Å². The van der Waals surface area contributed by atoms with Gasteiger partial charge in [-0.2, -0.15) is 0 Å². The monoisotopic (exact) mass is 413 g/mol. The first-order valence-corrected chi connectivity index (χ1v) is 11.2. The Morgan fingerprint density at radius 3 is 2.39 bits per heavy atom. The molecule has 2 nitrogen and oxygen atoms in total. The van der Waals surface area contributed by atoms with Crippen molar-refractivity contribution in [2.24, 2.45) is 0 Å². The van der Waals surface area contributed by atoms with E-state index in [1.165, 1.54) is 11.1 Å². The van der Waals surface area contributed by atoms with Gasteiger partial charge < -0.3 is 10.1 Å². The number of allylic oxidation sites excluding steroid dienone is 8. The number of para-hydroxylation sites is 1. The zero-order chi connectivity index (χ0) is 22.6. The van der Waals surface area contributed by atoms with Gasteiger partial charge in [0.25, 0.3) is 0 Å². The Kier molecular flexibility index (Phi) is 9.64. The Morgan fingerprint density at radius 1 is 0.935 bits per heavy atom. The fourth-order valence-corrected chi connectivity index (χ4v) is 3.50. The van der Waals surface area contributed by atoms with E-state index in [0.717, 1.165) is 40.4 Å². The fourth-order valence-electron chi connectivity index (χ4n) is 3.50. The van der Waals surface area contributed by atoms with Crippen LogP contribution in [0.3, 0.4) is 0 Å². The molecule has 0 saturated carbocycles. The molecular weight excluding hydrogens is 378 g/mol. The van der Waals surface area contributed by atoms with E-state index in [2.05, 4.69) is 73.8 Å². The molecule has 2 bridgehead atoms. The lowest BCUT2D eigenvalue weighted by atomic mass is 9.92. The second-order valence-corrected chi connectivity index (χ2v) is 6.81. The van der Waals surface area contributed by atoms with Gasteiger partial charge in [-0.25, -0.2) is 0 Å². The smallest absolute Gasteiger partial charge is 0.135 e. The van der Waals surface area contributed by atoms with E-state index in [1.54, 1.807) is 0 Å². The fraction of sp³-hybridized carbons (Fsp3) is 0.241. The minimum Gasteiger partial charge on any atom is -0.457 e. The van der Waals surface area contributed by atoms with Gasteiger partial charge in [0.1, 0.15) is 11.5 Å². The SMILES string of the molecule is CC.C\C=C/C=C\C(=C\C)Oc1ccc2cc1-c1ccccc1NC(/C=C\C)=C\2CC. The van der Waals surface area contributed by atoms with E-state index < -0.39 is 0 Å². The van der Waals surface area contributed by atoms with Crippen molar-refractivity contribution in [3.8, 4) is 16.9 Å². The van der Waals surface area contributed by atoms with Crippen molar-refractivity contribution in [2.45, 2.75) is 48.0 Å². The molecule has 3 rings (SSSR count). The van der Waals surface area contributed by atoms with Crippen LogP contribution in [0.4, 0.5) is 5.69 Å². The van der Waals surface area contributed by atoms with Gasteiger partial charge in [0.05, 0.1) is 0 Å². The number of anilines is 1. The van der Waals surface area contributed by atoms with Crippen LogP contribution in [0, 0.1) is 0 Å². The van der Waals surface area contributed by atoms with E-state index in [1.807, 2.05) is 58.1 Å². The Labute approximate surface area is 188 Å². The third kappa shape index (κ3) is 5.88. The van der Waals surface area contributed by atoms with Crippen molar-refractivity contribution in [1.82, 2.24) is 0 Å². The summed E-state index contributed by atoms with van der Waals surface area (Å²) in [6.45, 7) is 12.2. The number of benzene rings is 2. The molecule has 0 spiro atoms. The molecule has 1 N–H and O–H groups in total. The minimum absolute atomic E-state index is 0.820. The number of hydrogen-bond acceptors (Lipinski definition) is 2. The highest BCUT2D eigenvalue weighted by molar-refractivity contribution is 5.89. The summed E-state index contributed by atoms with van der Waals surface area (Å²) in [4.78, 5) is 0.